The van der Waals surface area contributed by atoms with Gasteiger partial charge in [-0.1, -0.05) is 0 Å². The molecular formula is C16H19N3O8. The van der Waals surface area contributed by atoms with Crippen molar-refractivity contribution in [2.24, 2.45) is 5.92 Å². The number of carbonyl (C=O) groups is 4. The second-order valence-electron chi connectivity index (χ2n) is 5.00. The number of aromatic nitrogens is 3. The number of carbonyl (C=O) groups excluding carboxylic acids is 4. The minimum Gasteiger partial charge on any atom is -0.466 e. The molecule has 0 aliphatic carbocycles. The smallest absolute Gasteiger partial charge is 0.331 e. The van der Waals surface area contributed by atoms with Gasteiger partial charge in [0.15, 0.2) is 0 Å². The number of ether oxygens (including phenoxy) is 4. The fourth-order valence-electron chi connectivity index (χ4n) is 1.67. The summed E-state index contributed by atoms with van der Waals surface area (Å²) in [6, 6.07) is 0. The van der Waals surface area contributed by atoms with Crippen molar-refractivity contribution in [1.29, 1.82) is 0 Å². The number of nitrogens with zero attached hydrogens (tertiary/aromatic N) is 3. The highest BCUT2D eigenvalue weighted by Crippen LogP contribution is 2.05. The molecule has 0 spiro atoms. The van der Waals surface area contributed by atoms with E-state index >= 15 is 0 Å². The minimum absolute atomic E-state index is 0.101. The average Bonchev–Trinajstić information content (AvgIpc) is 3.18. The van der Waals surface area contributed by atoms with Crippen molar-refractivity contribution in [3.63, 3.8) is 0 Å². The van der Waals surface area contributed by atoms with Gasteiger partial charge in [0.25, 0.3) is 0 Å². The third-order valence-corrected chi connectivity index (χ3v) is 2.97. The number of methoxy groups -OCH3 is 2. The second-order valence-corrected chi connectivity index (χ2v) is 5.00. The largest absolute Gasteiger partial charge is 0.466 e. The van der Waals surface area contributed by atoms with Crippen LogP contribution in [0.3, 0.4) is 0 Å². The highest BCUT2D eigenvalue weighted by atomic mass is 16.5. The molecule has 27 heavy (non-hydrogen) atoms. The molecule has 11 heteroatoms. The van der Waals surface area contributed by atoms with Crippen LogP contribution in [-0.2, 0) is 44.7 Å². The maximum absolute atomic E-state index is 11.6. The van der Waals surface area contributed by atoms with E-state index in [4.69, 9.17) is 9.47 Å². The molecule has 0 atom stereocenters. The summed E-state index contributed by atoms with van der Waals surface area (Å²) in [6.07, 6.45) is 6.60. The van der Waals surface area contributed by atoms with E-state index < -0.39 is 29.8 Å². The Morgan fingerprint density at radius 3 is 1.63 bits per heavy atom. The maximum Gasteiger partial charge on any atom is 0.331 e. The lowest BCUT2D eigenvalue weighted by molar-refractivity contribution is -0.144. The molecule has 146 valence electrons. The lowest BCUT2D eigenvalue weighted by Gasteiger charge is -2.16. The van der Waals surface area contributed by atoms with E-state index in [1.54, 1.807) is 4.57 Å². The van der Waals surface area contributed by atoms with Gasteiger partial charge in [-0.25, -0.2) is 19.2 Å². The zero-order valence-corrected chi connectivity index (χ0v) is 14.8. The van der Waals surface area contributed by atoms with Gasteiger partial charge in [-0.3, -0.25) is 0 Å². The first-order valence-corrected chi connectivity index (χ1v) is 7.62. The normalized spacial score (nSPS) is 10.9. The first kappa shape index (κ1) is 21.5. The van der Waals surface area contributed by atoms with Crippen LogP contribution in [0.15, 0.2) is 37.0 Å². The molecule has 0 aliphatic rings. The zero-order valence-electron chi connectivity index (χ0n) is 14.8. The number of hydrogen-bond donors (Lipinski definition) is 0. The highest BCUT2D eigenvalue weighted by Gasteiger charge is 2.15. The molecule has 0 saturated heterocycles. The molecule has 0 radical (unpaired) electrons. The molecule has 0 saturated carbocycles. The zero-order chi connectivity index (χ0) is 20.1. The molecule has 0 unspecified atom stereocenters. The minimum atomic E-state index is -0.758. The van der Waals surface area contributed by atoms with Gasteiger partial charge < -0.3 is 23.5 Å². The van der Waals surface area contributed by atoms with Gasteiger partial charge in [0.1, 0.15) is 12.7 Å². The van der Waals surface area contributed by atoms with Crippen molar-refractivity contribution in [2.75, 3.05) is 27.4 Å². The van der Waals surface area contributed by atoms with Gasteiger partial charge in [0.05, 0.1) is 27.4 Å². The molecule has 1 aromatic rings. The molecule has 1 rings (SSSR count). The van der Waals surface area contributed by atoms with Gasteiger partial charge in [-0.2, -0.15) is 0 Å². The molecule has 1 aromatic heterocycles. The van der Waals surface area contributed by atoms with Crippen molar-refractivity contribution >= 4 is 23.9 Å². The molecule has 0 aliphatic heterocycles. The Labute approximate surface area is 154 Å². The van der Waals surface area contributed by atoms with Crippen LogP contribution < -0.4 is 0 Å². The summed E-state index contributed by atoms with van der Waals surface area (Å²) >= 11 is 0. The average molecular weight is 381 g/mol. The molecule has 0 N–H and O–H groups in total. The number of hydrogen-bond acceptors (Lipinski definition) is 10. The first-order valence-electron chi connectivity index (χ1n) is 7.62. The van der Waals surface area contributed by atoms with E-state index in [0.717, 1.165) is 24.3 Å². The van der Waals surface area contributed by atoms with Crippen LogP contribution in [-0.4, -0.2) is 66.1 Å². The summed E-state index contributed by atoms with van der Waals surface area (Å²) in [5.74, 6) is -3.33. The van der Waals surface area contributed by atoms with Crippen LogP contribution in [0.2, 0.25) is 0 Å². The van der Waals surface area contributed by atoms with Crippen LogP contribution in [0, 0.1) is 5.92 Å². The van der Waals surface area contributed by atoms with E-state index in [1.807, 2.05) is 0 Å². The molecule has 11 nitrogen and oxygen atoms in total. The van der Waals surface area contributed by atoms with Crippen molar-refractivity contribution in [1.82, 2.24) is 14.8 Å². The second kappa shape index (κ2) is 12.0. The molecule has 0 fully saturated rings. The van der Waals surface area contributed by atoms with Gasteiger partial charge in [0.2, 0.25) is 0 Å². The molecule has 0 aromatic carbocycles. The fourth-order valence-corrected chi connectivity index (χ4v) is 1.67. The molecule has 0 amide bonds. The van der Waals surface area contributed by atoms with Gasteiger partial charge >= 0.3 is 23.9 Å². The summed E-state index contributed by atoms with van der Waals surface area (Å²) < 4.78 is 20.4. The summed E-state index contributed by atoms with van der Waals surface area (Å²) in [7, 11) is 2.35. The third-order valence-electron chi connectivity index (χ3n) is 2.97. The summed E-state index contributed by atoms with van der Waals surface area (Å²) in [5, 5.41) is 7.31. The summed E-state index contributed by atoms with van der Waals surface area (Å²) in [6.45, 7) is 0.0992. The van der Waals surface area contributed by atoms with E-state index in [0.29, 0.717) is 6.54 Å². The van der Waals surface area contributed by atoms with Crippen LogP contribution in [0.1, 0.15) is 0 Å². The SMILES string of the molecule is COC(=O)/C=C/C(=O)OCC(COC(=O)/C=C/C(=O)OC)Cn1cnnc1. The van der Waals surface area contributed by atoms with E-state index in [1.165, 1.54) is 26.9 Å². The molecule has 1 heterocycles. The topological polar surface area (TPSA) is 136 Å². The lowest BCUT2D eigenvalue weighted by Crippen LogP contribution is -2.24. The number of rotatable bonds is 10. The van der Waals surface area contributed by atoms with Crippen molar-refractivity contribution in [3.8, 4) is 0 Å². The van der Waals surface area contributed by atoms with Crippen molar-refractivity contribution < 1.29 is 38.1 Å². The summed E-state index contributed by atoms with van der Waals surface area (Å²) in [4.78, 5) is 45.1. The number of esters is 4. The van der Waals surface area contributed by atoms with Gasteiger partial charge in [-0.05, 0) is 0 Å². The predicted molar refractivity (Wildman–Crippen MR) is 87.7 cm³/mol. The Kier molecular flexibility index (Phi) is 9.54. The predicted octanol–water partition coefficient (Wildman–Crippen LogP) is -0.561. The van der Waals surface area contributed by atoms with E-state index in [2.05, 4.69) is 19.7 Å². The van der Waals surface area contributed by atoms with Crippen molar-refractivity contribution in [3.05, 3.63) is 37.0 Å². The molecule has 0 bridgehead atoms. The van der Waals surface area contributed by atoms with Crippen LogP contribution in [0.25, 0.3) is 0 Å². The Hall–Kier alpha value is -3.50. The Balaban J connectivity index is 2.57. The Morgan fingerprint density at radius 2 is 1.22 bits per heavy atom. The fraction of sp³-hybridized carbons (Fsp3) is 0.375. The molecular weight excluding hydrogens is 362 g/mol. The maximum atomic E-state index is 11.6. The quantitative estimate of drug-likeness (QED) is 0.295. The Morgan fingerprint density at radius 1 is 0.815 bits per heavy atom. The van der Waals surface area contributed by atoms with E-state index in [9.17, 15) is 19.2 Å². The van der Waals surface area contributed by atoms with E-state index in [-0.39, 0.29) is 13.2 Å². The van der Waals surface area contributed by atoms with Crippen LogP contribution in [0.5, 0.6) is 0 Å². The Bertz CT molecular complexity index is 655. The van der Waals surface area contributed by atoms with Crippen molar-refractivity contribution in [2.45, 2.75) is 6.54 Å². The third kappa shape index (κ3) is 9.53. The van der Waals surface area contributed by atoms with Crippen LogP contribution >= 0.6 is 0 Å². The lowest BCUT2D eigenvalue weighted by atomic mass is 10.2. The van der Waals surface area contributed by atoms with Crippen LogP contribution in [0.4, 0.5) is 0 Å². The standard InChI is InChI=1S/C16H19N3O8/c1-24-13(20)3-5-15(22)26-8-12(7-19-10-17-18-11-19)9-27-16(23)6-4-14(21)25-2/h3-6,10-12H,7-9H2,1-2H3/b5-3+,6-4+. The van der Waals surface area contributed by atoms with Gasteiger partial charge in [-0.15, -0.1) is 10.2 Å². The summed E-state index contributed by atoms with van der Waals surface area (Å²) in [5.41, 5.74) is 0. The van der Waals surface area contributed by atoms with Gasteiger partial charge in [0, 0.05) is 36.8 Å². The highest BCUT2D eigenvalue weighted by molar-refractivity contribution is 5.92. The first-order chi connectivity index (χ1) is 12.9. The monoisotopic (exact) mass is 381 g/mol.